The number of morpholine rings is 1. The van der Waals surface area contributed by atoms with Crippen LogP contribution in [0.3, 0.4) is 0 Å². The van der Waals surface area contributed by atoms with Crippen molar-refractivity contribution in [2.75, 3.05) is 18.9 Å². The van der Waals surface area contributed by atoms with Crippen LogP contribution in [0.4, 0.5) is 0 Å². The lowest BCUT2D eigenvalue weighted by atomic mass is 10.1. The van der Waals surface area contributed by atoms with E-state index in [-0.39, 0.29) is 17.9 Å². The summed E-state index contributed by atoms with van der Waals surface area (Å²) in [7, 11) is -3.18. The lowest BCUT2D eigenvalue weighted by molar-refractivity contribution is -0.0288. The third kappa shape index (κ3) is 3.59. The smallest absolute Gasteiger partial charge is 0.214 e. The minimum Gasteiger partial charge on any atom is -0.370 e. The molecule has 2 atom stereocenters. The summed E-state index contributed by atoms with van der Waals surface area (Å²) in [5.74, 6) is 0.231. The molecule has 1 aliphatic rings. The van der Waals surface area contributed by atoms with Crippen molar-refractivity contribution in [3.05, 3.63) is 35.9 Å². The Morgan fingerprint density at radius 2 is 2.00 bits per heavy atom. The molecule has 0 aliphatic carbocycles. The highest BCUT2D eigenvalue weighted by Gasteiger charge is 2.34. The molecule has 1 fully saturated rings. The molecule has 1 heterocycles. The van der Waals surface area contributed by atoms with Gasteiger partial charge in [0.25, 0.3) is 0 Å². The maximum atomic E-state index is 12.4. The molecule has 1 aliphatic heterocycles. The predicted octanol–water partition coefficient (Wildman–Crippen LogP) is 2.58. The van der Waals surface area contributed by atoms with Gasteiger partial charge in [0.1, 0.15) is 0 Å². The van der Waals surface area contributed by atoms with Crippen LogP contribution in [0.5, 0.6) is 0 Å². The summed E-state index contributed by atoms with van der Waals surface area (Å²) in [5.41, 5.74) is 1.04. The zero-order chi connectivity index (χ0) is 14.6. The van der Waals surface area contributed by atoms with E-state index < -0.39 is 10.0 Å². The van der Waals surface area contributed by atoms with E-state index in [4.69, 9.17) is 4.74 Å². The molecule has 0 bridgehead atoms. The molecule has 20 heavy (non-hydrogen) atoms. The first-order valence-electron chi connectivity index (χ1n) is 7.20. The molecule has 2 rings (SSSR count). The number of hydrogen-bond acceptors (Lipinski definition) is 3. The van der Waals surface area contributed by atoms with Crippen molar-refractivity contribution in [3.63, 3.8) is 0 Å². The Hall–Kier alpha value is -0.910. The van der Waals surface area contributed by atoms with Gasteiger partial charge in [-0.05, 0) is 18.9 Å². The maximum Gasteiger partial charge on any atom is 0.214 e. The van der Waals surface area contributed by atoms with Crippen molar-refractivity contribution in [2.45, 2.75) is 38.8 Å². The van der Waals surface area contributed by atoms with E-state index >= 15 is 0 Å². The minimum atomic E-state index is -3.18. The highest BCUT2D eigenvalue weighted by molar-refractivity contribution is 7.89. The summed E-state index contributed by atoms with van der Waals surface area (Å²) < 4.78 is 32.2. The normalized spacial score (nSPS) is 24.7. The summed E-state index contributed by atoms with van der Waals surface area (Å²) in [6.07, 6.45) is 1.44. The Balaban J connectivity index is 2.13. The minimum absolute atomic E-state index is 0.0863. The van der Waals surface area contributed by atoms with Crippen molar-refractivity contribution in [2.24, 2.45) is 0 Å². The highest BCUT2D eigenvalue weighted by Crippen LogP contribution is 2.27. The number of sulfonamides is 1. The van der Waals surface area contributed by atoms with Crippen LogP contribution in [-0.2, 0) is 14.8 Å². The number of hydrogen-bond donors (Lipinski definition) is 0. The largest absolute Gasteiger partial charge is 0.370 e. The lowest BCUT2D eigenvalue weighted by Gasteiger charge is -2.37. The topological polar surface area (TPSA) is 46.6 Å². The average Bonchev–Trinajstić information content (AvgIpc) is 2.46. The van der Waals surface area contributed by atoms with Crippen LogP contribution in [0, 0.1) is 0 Å². The molecule has 0 aromatic heterocycles. The summed E-state index contributed by atoms with van der Waals surface area (Å²) in [6, 6.07) is 9.73. The summed E-state index contributed by atoms with van der Waals surface area (Å²) in [6.45, 7) is 4.78. The first-order chi connectivity index (χ1) is 9.54. The van der Waals surface area contributed by atoms with Crippen molar-refractivity contribution in [1.82, 2.24) is 4.31 Å². The monoisotopic (exact) mass is 297 g/mol. The van der Waals surface area contributed by atoms with E-state index in [0.717, 1.165) is 12.0 Å². The van der Waals surface area contributed by atoms with Crippen molar-refractivity contribution in [1.29, 1.82) is 0 Å². The molecule has 1 aromatic carbocycles. The van der Waals surface area contributed by atoms with Gasteiger partial charge in [0, 0.05) is 12.6 Å². The molecule has 112 valence electrons. The molecule has 0 spiro atoms. The van der Waals surface area contributed by atoms with Crippen molar-refractivity contribution >= 4 is 10.0 Å². The van der Waals surface area contributed by atoms with E-state index in [1.54, 1.807) is 4.31 Å². The van der Waals surface area contributed by atoms with Gasteiger partial charge in [0.05, 0.1) is 18.5 Å². The van der Waals surface area contributed by atoms with E-state index in [2.05, 4.69) is 0 Å². The Morgan fingerprint density at radius 1 is 1.30 bits per heavy atom. The number of nitrogens with zero attached hydrogens (tertiary/aromatic N) is 1. The van der Waals surface area contributed by atoms with Crippen LogP contribution >= 0.6 is 0 Å². The predicted molar refractivity (Wildman–Crippen MR) is 80.0 cm³/mol. The van der Waals surface area contributed by atoms with E-state index in [0.29, 0.717) is 19.6 Å². The van der Waals surface area contributed by atoms with Crippen LogP contribution < -0.4 is 0 Å². The van der Waals surface area contributed by atoms with Gasteiger partial charge in [-0.2, -0.15) is 4.31 Å². The van der Waals surface area contributed by atoms with Crippen LogP contribution in [0.2, 0.25) is 0 Å². The number of unbranched alkanes of at least 4 members (excludes halogenated alkanes) is 1. The van der Waals surface area contributed by atoms with Gasteiger partial charge in [-0.3, -0.25) is 0 Å². The van der Waals surface area contributed by atoms with Crippen molar-refractivity contribution in [3.8, 4) is 0 Å². The van der Waals surface area contributed by atoms with Gasteiger partial charge in [-0.15, -0.1) is 0 Å². The molecule has 5 heteroatoms. The van der Waals surface area contributed by atoms with E-state index in [9.17, 15) is 8.42 Å². The Bertz CT molecular complexity index is 515. The highest BCUT2D eigenvalue weighted by atomic mass is 32.2. The van der Waals surface area contributed by atoms with Gasteiger partial charge in [0.2, 0.25) is 10.0 Å². The van der Waals surface area contributed by atoms with Crippen LogP contribution in [0.25, 0.3) is 0 Å². The molecule has 0 radical (unpaired) electrons. The zero-order valence-corrected chi connectivity index (χ0v) is 13.0. The Labute approximate surface area is 121 Å². The van der Waals surface area contributed by atoms with Gasteiger partial charge in [-0.25, -0.2) is 8.42 Å². The summed E-state index contributed by atoms with van der Waals surface area (Å²) in [4.78, 5) is 0. The average molecular weight is 297 g/mol. The number of ether oxygens (including phenoxy) is 1. The molecular formula is C15H23NO3S. The van der Waals surface area contributed by atoms with Crippen LogP contribution in [-0.4, -0.2) is 37.7 Å². The Kier molecular flexibility index (Phi) is 5.18. The second kappa shape index (κ2) is 6.70. The third-order valence-corrected chi connectivity index (χ3v) is 5.69. The van der Waals surface area contributed by atoms with E-state index in [1.807, 2.05) is 44.2 Å². The molecule has 2 unspecified atom stereocenters. The molecule has 0 N–H and O–H groups in total. The zero-order valence-electron chi connectivity index (χ0n) is 12.2. The van der Waals surface area contributed by atoms with Gasteiger partial charge in [-0.1, -0.05) is 43.7 Å². The molecular weight excluding hydrogens is 274 g/mol. The van der Waals surface area contributed by atoms with Gasteiger partial charge < -0.3 is 4.74 Å². The van der Waals surface area contributed by atoms with Gasteiger partial charge >= 0.3 is 0 Å². The Morgan fingerprint density at radius 3 is 2.65 bits per heavy atom. The molecule has 1 saturated heterocycles. The molecule has 0 amide bonds. The first kappa shape index (κ1) is 15.5. The maximum absolute atomic E-state index is 12.4. The van der Waals surface area contributed by atoms with E-state index in [1.165, 1.54) is 0 Å². The SMILES string of the molecule is CCCCS(=O)(=O)N1CC(c2ccccc2)OCC1C. The quantitative estimate of drug-likeness (QED) is 0.839. The molecule has 0 saturated carbocycles. The fraction of sp³-hybridized carbons (Fsp3) is 0.600. The van der Waals surface area contributed by atoms with Crippen LogP contribution in [0.15, 0.2) is 30.3 Å². The fourth-order valence-electron chi connectivity index (χ4n) is 2.44. The second-order valence-electron chi connectivity index (χ2n) is 5.32. The molecule has 4 nitrogen and oxygen atoms in total. The standard InChI is InChI=1S/C15H23NO3S/c1-3-4-10-20(17,18)16-11-15(19-12-13(16)2)14-8-6-5-7-9-14/h5-9,13,15H,3-4,10-12H2,1-2H3. The van der Waals surface area contributed by atoms with Gasteiger partial charge in [0.15, 0.2) is 0 Å². The fourth-order valence-corrected chi connectivity index (χ4v) is 4.30. The third-order valence-electron chi connectivity index (χ3n) is 3.66. The second-order valence-corrected chi connectivity index (χ2v) is 7.36. The van der Waals surface area contributed by atoms with Crippen LogP contribution in [0.1, 0.15) is 38.4 Å². The van der Waals surface area contributed by atoms with Crippen molar-refractivity contribution < 1.29 is 13.2 Å². The lowest BCUT2D eigenvalue weighted by Crippen LogP contribution is -2.48. The summed E-state index contributed by atoms with van der Waals surface area (Å²) >= 11 is 0. The first-order valence-corrected chi connectivity index (χ1v) is 8.81. The summed E-state index contributed by atoms with van der Waals surface area (Å²) in [5, 5.41) is 0. The number of rotatable bonds is 5. The molecule has 1 aromatic rings. The number of benzene rings is 1.